The summed E-state index contributed by atoms with van der Waals surface area (Å²) in [5, 5.41) is 11.8. The summed E-state index contributed by atoms with van der Waals surface area (Å²) in [6.07, 6.45) is 3.19. The van der Waals surface area contributed by atoms with Gasteiger partial charge in [-0.05, 0) is 12.1 Å². The lowest BCUT2D eigenvalue weighted by Crippen LogP contribution is -1.97. The summed E-state index contributed by atoms with van der Waals surface area (Å²) in [5.74, 6) is 0. The highest BCUT2D eigenvalue weighted by Gasteiger charge is 1.96. The van der Waals surface area contributed by atoms with Crippen molar-refractivity contribution in [2.45, 2.75) is 0 Å². The molecular formula is C11H10N2O. The van der Waals surface area contributed by atoms with Crippen molar-refractivity contribution in [3.8, 4) is 0 Å². The van der Waals surface area contributed by atoms with E-state index in [1.165, 1.54) is 13.3 Å². The van der Waals surface area contributed by atoms with E-state index in [9.17, 15) is 5.21 Å². The zero-order valence-electron chi connectivity index (χ0n) is 7.84. The molecule has 14 heavy (non-hydrogen) atoms. The second-order valence-corrected chi connectivity index (χ2v) is 3.14. The molecule has 0 unspecified atom stereocenters. The predicted molar refractivity (Wildman–Crippen MR) is 56.5 cm³/mol. The van der Waals surface area contributed by atoms with Crippen LogP contribution in [0.5, 0.6) is 0 Å². The van der Waals surface area contributed by atoms with Gasteiger partial charge in [0.25, 0.3) is 0 Å². The van der Waals surface area contributed by atoms with Gasteiger partial charge < -0.3 is 5.21 Å². The van der Waals surface area contributed by atoms with Crippen LogP contribution in [0.2, 0.25) is 0 Å². The van der Waals surface area contributed by atoms with Crippen LogP contribution in [-0.4, -0.2) is 23.0 Å². The fourth-order valence-corrected chi connectivity index (χ4v) is 1.37. The van der Waals surface area contributed by atoms with Crippen LogP contribution in [0.3, 0.4) is 0 Å². The molecule has 1 aromatic heterocycles. The van der Waals surface area contributed by atoms with Crippen molar-refractivity contribution >= 4 is 17.1 Å². The lowest BCUT2D eigenvalue weighted by Gasteiger charge is -1.98. The average Bonchev–Trinajstić information content (AvgIpc) is 2.17. The summed E-state index contributed by atoms with van der Waals surface area (Å²) in [6, 6.07) is 9.76. The van der Waals surface area contributed by atoms with E-state index in [0.717, 1.165) is 21.2 Å². The van der Waals surface area contributed by atoms with E-state index >= 15 is 0 Å². The lowest BCUT2D eigenvalue weighted by atomic mass is 10.2. The molecule has 70 valence electrons. The van der Waals surface area contributed by atoms with E-state index in [4.69, 9.17) is 0 Å². The molecule has 0 aliphatic rings. The third kappa shape index (κ3) is 1.71. The molecule has 0 saturated heterocycles. The number of para-hydroxylation sites is 1. The fourth-order valence-electron chi connectivity index (χ4n) is 1.37. The Hall–Kier alpha value is -1.90. The van der Waals surface area contributed by atoms with Crippen molar-refractivity contribution in [1.29, 1.82) is 0 Å². The number of hydroxylamine groups is 1. The van der Waals surface area contributed by atoms with Crippen molar-refractivity contribution in [3.05, 3.63) is 47.3 Å². The van der Waals surface area contributed by atoms with E-state index in [2.05, 4.69) is 4.98 Å². The Morgan fingerprint density at radius 1 is 1.36 bits per heavy atom. The minimum absolute atomic E-state index is 0.770. The number of pyridine rings is 1. The highest BCUT2D eigenvalue weighted by molar-refractivity contribution is 5.85. The molecule has 0 amide bonds. The second kappa shape index (κ2) is 3.46. The zero-order chi connectivity index (χ0) is 9.97. The zero-order valence-corrected chi connectivity index (χ0v) is 7.84. The van der Waals surface area contributed by atoms with Crippen molar-refractivity contribution < 1.29 is 4.74 Å². The quantitative estimate of drug-likeness (QED) is 0.295. The molecule has 0 saturated carbocycles. The number of hydrogen-bond acceptors (Lipinski definition) is 2. The van der Waals surface area contributed by atoms with Crippen molar-refractivity contribution in [2.24, 2.45) is 0 Å². The van der Waals surface area contributed by atoms with Crippen molar-refractivity contribution in [2.75, 3.05) is 7.05 Å². The molecule has 0 aliphatic heterocycles. The molecular weight excluding hydrogens is 176 g/mol. The number of fused-ring (bicyclic) bond motifs is 1. The van der Waals surface area contributed by atoms with Gasteiger partial charge in [0.1, 0.15) is 7.05 Å². The average molecular weight is 186 g/mol. The van der Waals surface area contributed by atoms with Crippen LogP contribution in [0.1, 0.15) is 5.56 Å². The van der Waals surface area contributed by atoms with Crippen LogP contribution in [0.4, 0.5) is 0 Å². The molecule has 3 heteroatoms. The molecule has 0 fully saturated rings. The van der Waals surface area contributed by atoms with Crippen LogP contribution in [-0.2, 0) is 0 Å². The van der Waals surface area contributed by atoms with E-state index in [-0.39, 0.29) is 0 Å². The van der Waals surface area contributed by atoms with Crippen molar-refractivity contribution in [1.82, 2.24) is 4.98 Å². The van der Waals surface area contributed by atoms with Gasteiger partial charge in [0.15, 0.2) is 6.21 Å². The first-order chi connectivity index (χ1) is 6.75. The van der Waals surface area contributed by atoms with E-state index < -0.39 is 0 Å². The standard InChI is InChI=1S/C11H10N2O/c1-13(14)8-9-6-10-4-2-3-5-11(10)12-7-9/h2-8H,1H3/b13-8-. The van der Waals surface area contributed by atoms with E-state index in [1.807, 2.05) is 30.3 Å². The molecule has 3 nitrogen and oxygen atoms in total. The molecule has 0 spiro atoms. The molecule has 0 N–H and O–H groups in total. The number of benzene rings is 1. The Bertz CT molecular complexity index is 487. The predicted octanol–water partition coefficient (Wildman–Crippen LogP) is 1.79. The third-order valence-electron chi connectivity index (χ3n) is 1.94. The Balaban J connectivity index is 2.57. The Morgan fingerprint density at radius 2 is 2.14 bits per heavy atom. The first kappa shape index (κ1) is 8.69. The van der Waals surface area contributed by atoms with Gasteiger partial charge in [-0.2, -0.15) is 0 Å². The molecule has 1 aromatic carbocycles. The van der Waals surface area contributed by atoms with Gasteiger partial charge in [0, 0.05) is 11.6 Å². The monoisotopic (exact) mass is 186 g/mol. The molecule has 0 radical (unpaired) electrons. The third-order valence-corrected chi connectivity index (χ3v) is 1.94. The Kier molecular flexibility index (Phi) is 2.14. The van der Waals surface area contributed by atoms with Gasteiger partial charge in [-0.1, -0.05) is 18.2 Å². The largest absolute Gasteiger partial charge is 0.624 e. The van der Waals surface area contributed by atoms with Gasteiger partial charge in [-0.25, -0.2) is 4.74 Å². The summed E-state index contributed by atoms with van der Waals surface area (Å²) >= 11 is 0. The number of rotatable bonds is 1. The van der Waals surface area contributed by atoms with Gasteiger partial charge >= 0.3 is 0 Å². The number of nitrogens with zero attached hydrogens (tertiary/aromatic N) is 2. The lowest BCUT2D eigenvalue weighted by molar-refractivity contribution is -0.416. The van der Waals surface area contributed by atoms with Gasteiger partial charge in [-0.15, -0.1) is 0 Å². The smallest absolute Gasteiger partial charge is 0.183 e. The topological polar surface area (TPSA) is 39.0 Å². The minimum Gasteiger partial charge on any atom is -0.624 e. The number of aromatic nitrogens is 1. The van der Waals surface area contributed by atoms with E-state index in [0.29, 0.717) is 0 Å². The number of hydrogen-bond donors (Lipinski definition) is 0. The minimum atomic E-state index is 0.770. The van der Waals surface area contributed by atoms with Gasteiger partial charge in [-0.3, -0.25) is 4.98 Å². The second-order valence-electron chi connectivity index (χ2n) is 3.14. The van der Waals surface area contributed by atoms with Gasteiger partial charge in [0.2, 0.25) is 0 Å². The first-order valence-corrected chi connectivity index (χ1v) is 4.35. The SMILES string of the molecule is C/[N+]([O-])=C/c1cnc2ccccc2c1. The molecule has 1 heterocycles. The van der Waals surface area contributed by atoms with Crippen LogP contribution in [0, 0.1) is 5.21 Å². The van der Waals surface area contributed by atoms with Crippen LogP contribution in [0.15, 0.2) is 36.5 Å². The van der Waals surface area contributed by atoms with Gasteiger partial charge in [0.05, 0.1) is 11.1 Å². The van der Waals surface area contributed by atoms with Crippen LogP contribution < -0.4 is 0 Å². The van der Waals surface area contributed by atoms with Crippen LogP contribution >= 0.6 is 0 Å². The summed E-state index contributed by atoms with van der Waals surface area (Å²) in [5.41, 5.74) is 1.76. The van der Waals surface area contributed by atoms with Crippen LogP contribution in [0.25, 0.3) is 10.9 Å². The highest BCUT2D eigenvalue weighted by atomic mass is 16.5. The maximum absolute atomic E-state index is 10.8. The Morgan fingerprint density at radius 3 is 2.93 bits per heavy atom. The Labute approximate surface area is 81.9 Å². The fraction of sp³-hybridized carbons (Fsp3) is 0.0909. The molecule has 0 aliphatic carbocycles. The first-order valence-electron chi connectivity index (χ1n) is 4.35. The molecule has 0 atom stereocenters. The summed E-state index contributed by atoms with van der Waals surface area (Å²) in [4.78, 5) is 4.24. The normalized spacial score (nSPS) is 11.9. The summed E-state index contributed by atoms with van der Waals surface area (Å²) in [7, 11) is 1.45. The molecule has 2 rings (SSSR count). The molecule has 0 bridgehead atoms. The molecule has 2 aromatic rings. The summed E-state index contributed by atoms with van der Waals surface area (Å²) in [6.45, 7) is 0. The highest BCUT2D eigenvalue weighted by Crippen LogP contribution is 2.11. The van der Waals surface area contributed by atoms with Crippen molar-refractivity contribution in [3.63, 3.8) is 0 Å². The van der Waals surface area contributed by atoms with E-state index in [1.54, 1.807) is 6.20 Å². The maximum atomic E-state index is 10.8. The summed E-state index contributed by atoms with van der Waals surface area (Å²) < 4.78 is 0.770. The maximum Gasteiger partial charge on any atom is 0.183 e.